The van der Waals surface area contributed by atoms with Crippen molar-refractivity contribution in [3.8, 4) is 0 Å². The van der Waals surface area contributed by atoms with Crippen LogP contribution in [0.5, 0.6) is 0 Å². The highest BCUT2D eigenvalue weighted by Gasteiger charge is 2.42. The fourth-order valence-corrected chi connectivity index (χ4v) is 17.5. The fourth-order valence-electron chi connectivity index (χ4n) is 13.3. The summed E-state index contributed by atoms with van der Waals surface area (Å²) in [5.74, 6) is 4.31. The van der Waals surface area contributed by atoms with E-state index in [2.05, 4.69) is 207 Å². The Kier molecular flexibility index (Phi) is 21.6. The molecule has 0 radical (unpaired) electrons. The SMILES string of the molecule is CC(CN1c2ccccc2Sc2cccnc21)[N+](C)(CCCCCCCCCCCC[N+](C)(C(C)CN1c2ccccc2Sc2cccnc21)C(C)CN1c2ccccc2Sc2cccnc21)C(C)CN1c2ccccc2Sc2cccnc21.[Br-].[Br-]. The van der Waals surface area contributed by atoms with Crippen molar-refractivity contribution in [1.29, 1.82) is 0 Å². The van der Waals surface area contributed by atoms with E-state index < -0.39 is 0 Å². The molecular weight excluding hydrogens is 1270 g/mol. The van der Waals surface area contributed by atoms with E-state index in [1.807, 2.05) is 71.8 Å². The molecule has 0 N–H and O–H groups in total. The summed E-state index contributed by atoms with van der Waals surface area (Å²) in [5.41, 5.74) is 5.06. The average Bonchev–Trinajstić information content (AvgIpc) is 2.38. The van der Waals surface area contributed by atoms with E-state index in [1.165, 1.54) is 126 Å². The van der Waals surface area contributed by atoms with E-state index >= 15 is 0 Å². The molecule has 8 heterocycles. The van der Waals surface area contributed by atoms with Gasteiger partial charge in [0.1, 0.15) is 47.4 Å². The molecule has 10 nitrogen and oxygen atoms in total. The maximum Gasteiger partial charge on any atom is 0.147 e. The third-order valence-corrected chi connectivity index (χ3v) is 23.3. The van der Waals surface area contributed by atoms with Crippen molar-refractivity contribution in [3.05, 3.63) is 170 Å². The first kappa shape index (κ1) is 64.0. The van der Waals surface area contributed by atoms with Crippen LogP contribution in [-0.2, 0) is 0 Å². The van der Waals surface area contributed by atoms with Gasteiger partial charge in [-0.05, 0) is 150 Å². The molecule has 0 aliphatic carbocycles. The van der Waals surface area contributed by atoms with E-state index in [1.54, 1.807) is 0 Å². The second-order valence-electron chi connectivity index (χ2n) is 24.1. The standard InChI is InChI=1S/C70H82N10S4.2BrH/c1-51(47-75-55-29-15-19-33-59(55)81-63-37-25-41-71-67(63)75)79(5,52(2)48-76-56-30-16-20-34-60(56)82-64-38-26-42-72-68(64)76)45-23-13-11-9-7-8-10-12-14-24-46-80(6,53(3)49-77-57-31-17-21-35-61(57)83-65-39-27-43-73-69(65)77)54(4)50-78-58-32-18-22-36-62(58)84-66-40-28-44-74-70(66)78;;/h15-22,25-44,51-54H,7-14,23-24,45-50H2,1-6H3;2*1H/q+2;;/p-2. The predicted molar refractivity (Wildman–Crippen MR) is 353 cm³/mol. The Morgan fingerprint density at radius 3 is 0.756 bits per heavy atom. The molecule has 450 valence electrons. The molecule has 0 spiro atoms. The molecule has 0 amide bonds. The highest BCUT2D eigenvalue weighted by atomic mass is 79.9. The number of unbranched alkanes of at least 4 members (excludes halogenated alkanes) is 9. The van der Waals surface area contributed by atoms with E-state index in [9.17, 15) is 0 Å². The summed E-state index contributed by atoms with van der Waals surface area (Å²) in [6, 6.07) is 54.1. The van der Waals surface area contributed by atoms with E-state index in [4.69, 9.17) is 19.9 Å². The molecule has 4 aromatic carbocycles. The zero-order valence-electron chi connectivity index (χ0n) is 50.6. The Bertz CT molecular complexity index is 2930. The van der Waals surface area contributed by atoms with Gasteiger partial charge in [-0.2, -0.15) is 0 Å². The first-order valence-electron chi connectivity index (χ1n) is 30.7. The van der Waals surface area contributed by atoms with Crippen LogP contribution in [0.15, 0.2) is 210 Å². The van der Waals surface area contributed by atoms with Gasteiger partial charge >= 0.3 is 0 Å². The number of anilines is 8. The minimum Gasteiger partial charge on any atom is -1.00 e. The van der Waals surface area contributed by atoms with Gasteiger partial charge in [-0.3, -0.25) is 0 Å². The summed E-state index contributed by atoms with van der Waals surface area (Å²) in [6.45, 7) is 15.8. The predicted octanol–water partition coefficient (Wildman–Crippen LogP) is 12.1. The maximum absolute atomic E-state index is 5.01. The van der Waals surface area contributed by atoms with E-state index in [0.717, 1.165) is 71.5 Å². The number of nitrogens with zero attached hydrogens (tertiary/aromatic N) is 10. The number of hydrogen-bond donors (Lipinski definition) is 0. The Hall–Kier alpha value is -5.04. The largest absolute Gasteiger partial charge is 1.00 e. The highest BCUT2D eigenvalue weighted by molar-refractivity contribution is 8.00. The van der Waals surface area contributed by atoms with Crippen LogP contribution in [0.3, 0.4) is 0 Å². The molecule has 4 aliphatic rings. The van der Waals surface area contributed by atoms with Crippen LogP contribution >= 0.6 is 47.0 Å². The monoisotopic (exact) mass is 1350 g/mol. The second kappa shape index (κ2) is 29.1. The van der Waals surface area contributed by atoms with Crippen LogP contribution in [0.4, 0.5) is 46.0 Å². The van der Waals surface area contributed by atoms with E-state index in [0.29, 0.717) is 24.2 Å². The van der Waals surface area contributed by atoms with Gasteiger partial charge in [0.25, 0.3) is 0 Å². The minimum absolute atomic E-state index is 0. The van der Waals surface area contributed by atoms with Gasteiger partial charge in [0.15, 0.2) is 0 Å². The lowest BCUT2D eigenvalue weighted by molar-refractivity contribution is -0.950. The highest BCUT2D eigenvalue weighted by Crippen LogP contribution is 2.51. The van der Waals surface area contributed by atoms with Crippen molar-refractivity contribution >= 4 is 93.1 Å². The van der Waals surface area contributed by atoms with Gasteiger partial charge in [-0.1, -0.05) is 134 Å². The van der Waals surface area contributed by atoms with Crippen molar-refractivity contribution in [2.75, 3.05) is 73.0 Å². The quantitative estimate of drug-likeness (QED) is 0.0404. The van der Waals surface area contributed by atoms with Crippen LogP contribution < -0.4 is 53.6 Å². The third kappa shape index (κ3) is 13.6. The smallest absolute Gasteiger partial charge is 0.147 e. The molecule has 0 fully saturated rings. The van der Waals surface area contributed by atoms with Crippen LogP contribution in [0, 0.1) is 0 Å². The molecule has 16 heteroatoms. The van der Waals surface area contributed by atoms with Crippen LogP contribution in [-0.4, -0.2) is 106 Å². The number of pyridine rings is 4. The minimum atomic E-state index is 0. The number of hydrogen-bond acceptors (Lipinski definition) is 12. The van der Waals surface area contributed by atoms with Crippen LogP contribution in [0.2, 0.25) is 0 Å². The second-order valence-corrected chi connectivity index (χ2v) is 28.4. The average molecular weight is 1350 g/mol. The Labute approximate surface area is 550 Å². The van der Waals surface area contributed by atoms with E-state index in [-0.39, 0.29) is 34.0 Å². The molecule has 4 aliphatic heterocycles. The molecular formula is C70H82Br2N10S4. The third-order valence-electron chi connectivity index (χ3n) is 18.9. The Morgan fingerprint density at radius 1 is 0.302 bits per heavy atom. The lowest BCUT2D eigenvalue weighted by Gasteiger charge is -2.48. The lowest BCUT2D eigenvalue weighted by Crippen LogP contribution is -3.00. The van der Waals surface area contributed by atoms with Crippen molar-refractivity contribution in [2.24, 2.45) is 0 Å². The van der Waals surface area contributed by atoms with Gasteiger partial charge < -0.3 is 62.5 Å². The number of likely N-dealkylation sites (N-methyl/N-ethyl adjacent to an activating group) is 2. The normalized spacial score (nSPS) is 16.3. The summed E-state index contributed by atoms with van der Waals surface area (Å²) in [7, 11) is 5.08. The fraction of sp³-hybridized carbons (Fsp3) is 0.371. The Morgan fingerprint density at radius 2 is 0.512 bits per heavy atom. The van der Waals surface area contributed by atoms with Crippen molar-refractivity contribution in [3.63, 3.8) is 0 Å². The van der Waals surface area contributed by atoms with Crippen molar-refractivity contribution in [1.82, 2.24) is 19.9 Å². The van der Waals surface area contributed by atoms with Gasteiger partial charge in [-0.25, -0.2) is 19.9 Å². The molecule has 4 unspecified atom stereocenters. The Balaban J connectivity index is 0.00000410. The number of rotatable bonds is 25. The topological polar surface area (TPSA) is 64.5 Å². The van der Waals surface area contributed by atoms with Crippen LogP contribution in [0.25, 0.3) is 0 Å². The summed E-state index contributed by atoms with van der Waals surface area (Å²) in [4.78, 5) is 40.2. The number of para-hydroxylation sites is 4. The molecule has 0 bridgehead atoms. The zero-order valence-corrected chi connectivity index (χ0v) is 57.1. The first-order chi connectivity index (χ1) is 41.1. The van der Waals surface area contributed by atoms with Gasteiger partial charge in [0.05, 0.1) is 95.7 Å². The molecule has 86 heavy (non-hydrogen) atoms. The van der Waals surface area contributed by atoms with Crippen molar-refractivity contribution in [2.45, 2.75) is 155 Å². The lowest BCUT2D eigenvalue weighted by atomic mass is 10.0. The van der Waals surface area contributed by atoms with Crippen molar-refractivity contribution < 1.29 is 42.9 Å². The zero-order chi connectivity index (χ0) is 57.6. The summed E-state index contributed by atoms with van der Waals surface area (Å²) in [5, 5.41) is 0. The molecule has 8 aromatic rings. The first-order valence-corrected chi connectivity index (χ1v) is 34.0. The summed E-state index contributed by atoms with van der Waals surface area (Å²) < 4.78 is 1.93. The van der Waals surface area contributed by atoms with Crippen LogP contribution in [0.1, 0.15) is 91.9 Å². The van der Waals surface area contributed by atoms with Gasteiger partial charge in [0, 0.05) is 44.4 Å². The molecule has 4 atom stereocenters. The maximum atomic E-state index is 5.01. The molecule has 12 rings (SSSR count). The number of benzene rings is 4. The molecule has 0 saturated heterocycles. The number of quaternary nitrogens is 2. The summed E-state index contributed by atoms with van der Waals surface area (Å²) >= 11 is 7.36. The summed E-state index contributed by atoms with van der Waals surface area (Å²) in [6.07, 6.45) is 20.6. The molecule has 4 aromatic heterocycles. The van der Waals surface area contributed by atoms with Gasteiger partial charge in [0.2, 0.25) is 0 Å². The number of aromatic nitrogens is 4. The molecule has 0 saturated carbocycles. The van der Waals surface area contributed by atoms with Gasteiger partial charge in [-0.15, -0.1) is 0 Å². The number of halogens is 2. The number of fused-ring (bicyclic) bond motifs is 8.